The first-order valence-electron chi connectivity index (χ1n) is 8.39. The molecule has 1 aromatic rings. The number of rotatable bonds is 3. The van der Waals surface area contributed by atoms with Gasteiger partial charge in [0.15, 0.2) is 0 Å². The number of phenols is 1. The standard InChI is InChI=1S/C18H25NO3/c1-19-11-5-4-9-16(19)14(7-6-12-19)13-22-18(21)15-8-2-3-10-17(15)20/h2-3,8,10,14,16H,4-7,9,11-13H2,1H3/p+1/t14-,16+,19-/m1/s1. The van der Waals surface area contributed by atoms with Gasteiger partial charge in [0.2, 0.25) is 0 Å². The quantitative estimate of drug-likeness (QED) is 0.690. The maximum Gasteiger partial charge on any atom is 0.341 e. The first-order valence-corrected chi connectivity index (χ1v) is 8.39. The second-order valence-electron chi connectivity index (χ2n) is 7.01. The summed E-state index contributed by atoms with van der Waals surface area (Å²) in [5.41, 5.74) is 0.263. The van der Waals surface area contributed by atoms with Gasteiger partial charge in [-0.15, -0.1) is 0 Å². The number of para-hydroxylation sites is 1. The zero-order valence-electron chi connectivity index (χ0n) is 13.3. The summed E-state index contributed by atoms with van der Waals surface area (Å²) in [6.45, 7) is 2.99. The molecule has 1 aromatic carbocycles. The number of fused-ring (bicyclic) bond motifs is 1. The first-order chi connectivity index (χ1) is 10.6. The van der Waals surface area contributed by atoms with Crippen LogP contribution in [0.4, 0.5) is 0 Å². The van der Waals surface area contributed by atoms with Gasteiger partial charge < -0.3 is 14.3 Å². The van der Waals surface area contributed by atoms with E-state index in [1.807, 2.05) is 0 Å². The summed E-state index contributed by atoms with van der Waals surface area (Å²) < 4.78 is 6.69. The maximum absolute atomic E-state index is 12.2. The van der Waals surface area contributed by atoms with E-state index in [-0.39, 0.29) is 11.3 Å². The Morgan fingerprint density at radius 3 is 2.82 bits per heavy atom. The molecule has 2 heterocycles. The lowest BCUT2D eigenvalue weighted by Gasteiger charge is -2.51. The van der Waals surface area contributed by atoms with Crippen molar-refractivity contribution >= 4 is 5.97 Å². The van der Waals surface area contributed by atoms with Crippen molar-refractivity contribution in [3.63, 3.8) is 0 Å². The number of nitrogens with zero attached hydrogens (tertiary/aromatic N) is 1. The van der Waals surface area contributed by atoms with Gasteiger partial charge in [-0.25, -0.2) is 4.79 Å². The smallest absolute Gasteiger partial charge is 0.341 e. The lowest BCUT2D eigenvalue weighted by molar-refractivity contribution is -0.947. The van der Waals surface area contributed by atoms with Crippen LogP contribution >= 0.6 is 0 Å². The van der Waals surface area contributed by atoms with Gasteiger partial charge in [-0.1, -0.05) is 12.1 Å². The fourth-order valence-electron chi connectivity index (χ4n) is 4.33. The lowest BCUT2D eigenvalue weighted by Crippen LogP contribution is -2.61. The molecule has 0 amide bonds. The molecule has 2 aliphatic rings. The van der Waals surface area contributed by atoms with Crippen molar-refractivity contribution in [3.8, 4) is 5.75 Å². The maximum atomic E-state index is 12.2. The number of esters is 1. The van der Waals surface area contributed by atoms with E-state index in [9.17, 15) is 9.90 Å². The molecule has 2 fully saturated rings. The molecule has 2 saturated heterocycles. The molecule has 3 atom stereocenters. The highest BCUT2D eigenvalue weighted by atomic mass is 16.5. The molecule has 120 valence electrons. The van der Waals surface area contributed by atoms with E-state index >= 15 is 0 Å². The van der Waals surface area contributed by atoms with E-state index in [0.717, 1.165) is 10.9 Å². The van der Waals surface area contributed by atoms with Gasteiger partial charge in [-0.2, -0.15) is 0 Å². The predicted molar refractivity (Wildman–Crippen MR) is 84.7 cm³/mol. The Kier molecular flexibility index (Phi) is 4.39. The van der Waals surface area contributed by atoms with Crippen molar-refractivity contribution in [2.24, 2.45) is 5.92 Å². The highest BCUT2D eigenvalue weighted by Gasteiger charge is 2.43. The van der Waals surface area contributed by atoms with Crippen molar-refractivity contribution in [1.29, 1.82) is 0 Å². The Hall–Kier alpha value is -1.55. The minimum atomic E-state index is -0.409. The second kappa shape index (κ2) is 6.29. The van der Waals surface area contributed by atoms with Gasteiger partial charge in [0.25, 0.3) is 0 Å². The van der Waals surface area contributed by atoms with E-state index in [0.29, 0.717) is 18.6 Å². The summed E-state index contributed by atoms with van der Waals surface area (Å²) in [4.78, 5) is 12.2. The normalized spacial score (nSPS) is 31.3. The minimum absolute atomic E-state index is 0.00516. The van der Waals surface area contributed by atoms with E-state index in [1.165, 1.54) is 44.8 Å². The average molecular weight is 304 g/mol. The predicted octanol–water partition coefficient (Wildman–Crippen LogP) is 2.96. The van der Waals surface area contributed by atoms with E-state index in [1.54, 1.807) is 18.2 Å². The summed E-state index contributed by atoms with van der Waals surface area (Å²) in [7, 11) is 2.36. The molecule has 2 aliphatic heterocycles. The number of ether oxygens (including phenoxy) is 1. The van der Waals surface area contributed by atoms with E-state index in [2.05, 4.69) is 7.05 Å². The Morgan fingerprint density at radius 1 is 1.23 bits per heavy atom. The molecule has 0 aliphatic carbocycles. The largest absolute Gasteiger partial charge is 0.507 e. The Bertz CT molecular complexity index is 541. The first kappa shape index (κ1) is 15.3. The molecule has 4 heteroatoms. The Balaban J connectivity index is 1.63. The average Bonchev–Trinajstić information content (AvgIpc) is 2.52. The molecule has 0 radical (unpaired) electrons. The molecule has 0 unspecified atom stereocenters. The lowest BCUT2D eigenvalue weighted by atomic mass is 9.82. The molecular weight excluding hydrogens is 278 g/mol. The van der Waals surface area contributed by atoms with Gasteiger partial charge in [0.1, 0.15) is 17.9 Å². The van der Waals surface area contributed by atoms with E-state index in [4.69, 9.17) is 4.74 Å². The molecule has 4 nitrogen and oxygen atoms in total. The van der Waals surface area contributed by atoms with Crippen LogP contribution in [0.15, 0.2) is 24.3 Å². The van der Waals surface area contributed by atoms with Crippen molar-refractivity contribution < 1.29 is 19.1 Å². The van der Waals surface area contributed by atoms with Gasteiger partial charge >= 0.3 is 5.97 Å². The third kappa shape index (κ3) is 2.98. The van der Waals surface area contributed by atoms with Crippen LogP contribution in [0.25, 0.3) is 0 Å². The van der Waals surface area contributed by atoms with Crippen LogP contribution in [0.1, 0.15) is 42.5 Å². The van der Waals surface area contributed by atoms with Crippen LogP contribution in [0.5, 0.6) is 5.75 Å². The van der Waals surface area contributed by atoms with Crippen LogP contribution in [-0.4, -0.2) is 48.3 Å². The zero-order chi connectivity index (χ0) is 15.6. The number of carbonyl (C=O) groups is 1. The second-order valence-corrected chi connectivity index (χ2v) is 7.01. The number of aromatic hydroxyl groups is 1. The summed E-state index contributed by atoms with van der Waals surface area (Å²) in [6.07, 6.45) is 6.22. The molecule has 0 spiro atoms. The molecule has 3 rings (SSSR count). The number of phenolic OH excluding ortho intramolecular Hbond substituents is 1. The fourth-order valence-corrected chi connectivity index (χ4v) is 4.33. The topological polar surface area (TPSA) is 46.5 Å². The van der Waals surface area contributed by atoms with Crippen LogP contribution in [0, 0.1) is 5.92 Å². The third-order valence-corrected chi connectivity index (χ3v) is 5.56. The van der Waals surface area contributed by atoms with Gasteiger partial charge in [0.05, 0.1) is 26.2 Å². The zero-order valence-corrected chi connectivity index (χ0v) is 13.3. The number of quaternary nitrogens is 1. The number of hydrogen-bond acceptors (Lipinski definition) is 3. The van der Waals surface area contributed by atoms with Crippen molar-refractivity contribution in [2.45, 2.75) is 38.1 Å². The Labute approximate surface area is 132 Å². The summed E-state index contributed by atoms with van der Waals surface area (Å²) in [6, 6.07) is 7.20. The number of carbonyl (C=O) groups excluding carboxylic acids is 1. The molecule has 1 N–H and O–H groups in total. The fraction of sp³-hybridized carbons (Fsp3) is 0.611. The molecule has 0 aromatic heterocycles. The summed E-state index contributed by atoms with van der Waals surface area (Å²) >= 11 is 0. The molecule has 0 saturated carbocycles. The number of piperidine rings is 2. The van der Waals surface area contributed by atoms with Crippen LogP contribution in [0.3, 0.4) is 0 Å². The highest BCUT2D eigenvalue weighted by Crippen LogP contribution is 2.36. The van der Waals surface area contributed by atoms with Crippen molar-refractivity contribution in [3.05, 3.63) is 29.8 Å². The van der Waals surface area contributed by atoms with Gasteiger partial charge in [-0.05, 0) is 37.8 Å². The molecular formula is C18H26NO3+. The number of hydrogen-bond donors (Lipinski definition) is 1. The van der Waals surface area contributed by atoms with E-state index < -0.39 is 5.97 Å². The minimum Gasteiger partial charge on any atom is -0.507 e. The Morgan fingerprint density at radius 2 is 2.00 bits per heavy atom. The monoisotopic (exact) mass is 304 g/mol. The van der Waals surface area contributed by atoms with Gasteiger partial charge in [-0.3, -0.25) is 0 Å². The summed E-state index contributed by atoms with van der Waals surface area (Å²) in [5.74, 6) is 0.0389. The number of benzene rings is 1. The van der Waals surface area contributed by atoms with Crippen LogP contribution in [0.2, 0.25) is 0 Å². The van der Waals surface area contributed by atoms with Gasteiger partial charge in [0, 0.05) is 12.3 Å². The molecule has 0 bridgehead atoms. The van der Waals surface area contributed by atoms with Crippen molar-refractivity contribution in [1.82, 2.24) is 0 Å². The van der Waals surface area contributed by atoms with Crippen molar-refractivity contribution in [2.75, 3.05) is 26.7 Å². The highest BCUT2D eigenvalue weighted by molar-refractivity contribution is 5.92. The van der Waals surface area contributed by atoms with Crippen LogP contribution in [-0.2, 0) is 4.74 Å². The molecule has 22 heavy (non-hydrogen) atoms. The van der Waals surface area contributed by atoms with Crippen LogP contribution < -0.4 is 0 Å². The SMILES string of the molecule is C[N@+]12CCCC[C@H]1[C@@H](COC(=O)c1ccccc1O)CCC2. The summed E-state index contributed by atoms with van der Waals surface area (Å²) in [5, 5.41) is 9.74. The third-order valence-electron chi connectivity index (χ3n) is 5.56.